The second-order valence-electron chi connectivity index (χ2n) is 9.18. The van der Waals surface area contributed by atoms with Crippen LogP contribution in [0.5, 0.6) is 17.2 Å². The number of unbranched alkanes of at least 4 members (excludes halogenated alkanes) is 1. The molecule has 0 amide bonds. The number of hydrogen-bond donors (Lipinski definition) is 0. The van der Waals surface area contributed by atoms with Crippen molar-refractivity contribution >= 4 is 28.4 Å². The molecule has 206 valence electrons. The lowest BCUT2D eigenvalue weighted by molar-refractivity contribution is -0.274. The van der Waals surface area contributed by atoms with E-state index in [9.17, 15) is 18.0 Å². The average Bonchev–Trinajstić information content (AvgIpc) is 3.63. The zero-order chi connectivity index (χ0) is 28.1. The second-order valence-corrected chi connectivity index (χ2v) is 10.1. The van der Waals surface area contributed by atoms with Gasteiger partial charge in [-0.2, -0.15) is 5.26 Å². The van der Waals surface area contributed by atoms with Crippen molar-refractivity contribution in [3.63, 3.8) is 0 Å². The third kappa shape index (κ3) is 6.63. The monoisotopic (exact) mass is 567 g/mol. The van der Waals surface area contributed by atoms with Gasteiger partial charge < -0.3 is 14.2 Å². The largest absolute Gasteiger partial charge is 0.573 e. The molecule has 4 aromatic rings. The van der Waals surface area contributed by atoms with Gasteiger partial charge >= 0.3 is 6.36 Å². The molecule has 11 heteroatoms. The van der Waals surface area contributed by atoms with Gasteiger partial charge in [-0.25, -0.2) is 4.98 Å². The van der Waals surface area contributed by atoms with Crippen LogP contribution in [0.25, 0.3) is 28.2 Å². The van der Waals surface area contributed by atoms with Crippen LogP contribution in [0.15, 0.2) is 58.8 Å². The summed E-state index contributed by atoms with van der Waals surface area (Å²) in [6.45, 7) is 0.920. The maximum Gasteiger partial charge on any atom is 0.573 e. The highest BCUT2D eigenvalue weighted by Gasteiger charge is 2.31. The van der Waals surface area contributed by atoms with Crippen molar-refractivity contribution in [2.75, 3.05) is 13.2 Å². The summed E-state index contributed by atoms with van der Waals surface area (Å²) in [4.78, 5) is 18.6. The molecular weight excluding hydrogens is 543 g/mol. The quantitative estimate of drug-likeness (QED) is 0.182. The number of fused-ring (bicyclic) bond motifs is 1. The van der Waals surface area contributed by atoms with E-state index >= 15 is 0 Å². The first-order valence-electron chi connectivity index (χ1n) is 12.6. The molecule has 0 atom stereocenters. The van der Waals surface area contributed by atoms with Gasteiger partial charge in [0.2, 0.25) is 0 Å². The Kier molecular flexibility index (Phi) is 8.07. The summed E-state index contributed by atoms with van der Waals surface area (Å²) in [5.74, 6) is 1.24. The maximum atomic E-state index is 13.4. The number of halogens is 3. The van der Waals surface area contributed by atoms with E-state index in [4.69, 9.17) is 14.7 Å². The summed E-state index contributed by atoms with van der Waals surface area (Å²) in [6, 6.07) is 12.7. The summed E-state index contributed by atoms with van der Waals surface area (Å²) in [5.41, 5.74) is 1.34. The molecule has 0 spiro atoms. The molecule has 40 heavy (non-hydrogen) atoms. The number of benzene rings is 2. The van der Waals surface area contributed by atoms with Gasteiger partial charge in [-0.1, -0.05) is 24.3 Å². The smallest absolute Gasteiger partial charge is 0.490 e. The minimum atomic E-state index is -4.82. The van der Waals surface area contributed by atoms with Crippen LogP contribution >= 0.6 is 11.3 Å². The van der Waals surface area contributed by atoms with Crippen LogP contribution in [-0.2, 0) is 0 Å². The number of aromatic nitrogens is 2. The van der Waals surface area contributed by atoms with Crippen molar-refractivity contribution in [3.05, 3.63) is 75.7 Å². The van der Waals surface area contributed by atoms with Crippen LogP contribution in [0.3, 0.4) is 0 Å². The summed E-state index contributed by atoms with van der Waals surface area (Å²) in [7, 11) is 0. The second kappa shape index (κ2) is 11.8. The molecule has 5 rings (SSSR count). The zero-order valence-electron chi connectivity index (χ0n) is 21.2. The van der Waals surface area contributed by atoms with Crippen LogP contribution in [-0.4, -0.2) is 29.0 Å². The lowest BCUT2D eigenvalue weighted by Crippen LogP contribution is -2.18. The minimum absolute atomic E-state index is 0.232. The number of ether oxygens (including phenoxy) is 3. The molecule has 7 nitrogen and oxygen atoms in total. The number of nitriles is 1. The van der Waals surface area contributed by atoms with Crippen LogP contribution in [0, 0.1) is 17.2 Å². The Labute approximate surface area is 231 Å². The van der Waals surface area contributed by atoms with Crippen molar-refractivity contribution in [1.82, 2.24) is 9.38 Å². The number of nitrogens with zero attached hydrogens (tertiary/aromatic N) is 3. The fourth-order valence-electron chi connectivity index (χ4n) is 4.03. The first-order chi connectivity index (χ1) is 19.3. The normalized spacial score (nSPS) is 13.4. The topological polar surface area (TPSA) is 85.8 Å². The molecule has 0 aliphatic heterocycles. The van der Waals surface area contributed by atoms with Gasteiger partial charge in [-0.15, -0.1) is 24.5 Å². The molecule has 0 radical (unpaired) electrons. The fraction of sp³-hybridized carbons (Fsp3) is 0.276. The van der Waals surface area contributed by atoms with E-state index in [2.05, 4.69) is 15.8 Å². The molecule has 0 saturated heterocycles. The van der Waals surface area contributed by atoms with Crippen molar-refractivity contribution in [1.29, 1.82) is 5.26 Å². The van der Waals surface area contributed by atoms with E-state index < -0.39 is 6.36 Å². The fourth-order valence-corrected chi connectivity index (χ4v) is 4.74. The third-order valence-electron chi connectivity index (χ3n) is 6.15. The molecule has 0 N–H and O–H groups in total. The van der Waals surface area contributed by atoms with E-state index in [1.807, 2.05) is 18.2 Å². The van der Waals surface area contributed by atoms with Crippen molar-refractivity contribution in [2.24, 2.45) is 5.92 Å². The SMILES string of the molecule is N#CCCCOc1cccc(C=Cc2nc3sccn3c(=O)c2-c2ccc(OC(F)(F)F)cc2)c1OCC1CC1. The number of alkyl halides is 3. The Balaban J connectivity index is 1.51. The highest BCUT2D eigenvalue weighted by atomic mass is 32.1. The molecule has 0 bridgehead atoms. The van der Waals surface area contributed by atoms with Gasteiger partial charge in [0.15, 0.2) is 16.5 Å². The van der Waals surface area contributed by atoms with Crippen molar-refractivity contribution in [2.45, 2.75) is 32.0 Å². The third-order valence-corrected chi connectivity index (χ3v) is 6.91. The van der Waals surface area contributed by atoms with E-state index in [-0.39, 0.29) is 16.9 Å². The van der Waals surface area contributed by atoms with Gasteiger partial charge in [0.1, 0.15) is 5.75 Å². The summed E-state index contributed by atoms with van der Waals surface area (Å²) >= 11 is 1.29. The maximum absolute atomic E-state index is 13.4. The summed E-state index contributed by atoms with van der Waals surface area (Å²) in [5, 5.41) is 10.5. The minimum Gasteiger partial charge on any atom is -0.490 e. The molecular formula is C29H24F3N3O4S. The first-order valence-corrected chi connectivity index (χ1v) is 13.5. The van der Waals surface area contributed by atoms with E-state index in [0.717, 1.165) is 25.0 Å². The van der Waals surface area contributed by atoms with Crippen LogP contribution < -0.4 is 19.8 Å². The Bertz CT molecular complexity index is 1620. The molecule has 0 unspecified atom stereocenters. The predicted octanol–water partition coefficient (Wildman–Crippen LogP) is 6.96. The standard InChI is InChI=1S/C29H24F3N3O4S/c30-29(31,32)39-22-11-8-20(9-12-22)25-23(34-28-35(27(25)36)15-17-40-28)13-10-21-4-3-5-24(37-16-2-1-14-33)26(21)38-18-19-6-7-19/h3-5,8-13,15,17,19H,1-2,6-7,16,18H2. The van der Waals surface area contributed by atoms with Crippen LogP contribution in [0.4, 0.5) is 13.2 Å². The molecule has 2 aromatic carbocycles. The van der Waals surface area contributed by atoms with E-state index in [1.165, 1.54) is 27.9 Å². The average molecular weight is 568 g/mol. The van der Waals surface area contributed by atoms with Gasteiger partial charge in [0, 0.05) is 23.6 Å². The lowest BCUT2D eigenvalue weighted by Gasteiger charge is -2.15. The highest BCUT2D eigenvalue weighted by molar-refractivity contribution is 7.15. The predicted molar refractivity (Wildman–Crippen MR) is 145 cm³/mol. The molecule has 1 aliphatic rings. The first kappa shape index (κ1) is 27.3. The van der Waals surface area contributed by atoms with Crippen LogP contribution in [0.1, 0.15) is 36.9 Å². The highest BCUT2D eigenvalue weighted by Crippen LogP contribution is 2.37. The number of thiazole rings is 1. The Morgan fingerprint density at radius 2 is 1.93 bits per heavy atom. The molecule has 1 fully saturated rings. The summed E-state index contributed by atoms with van der Waals surface area (Å²) < 4.78 is 55.4. The van der Waals surface area contributed by atoms with Gasteiger partial charge in [0.05, 0.1) is 30.5 Å². The number of para-hydroxylation sites is 1. The van der Waals surface area contributed by atoms with Crippen LogP contribution in [0.2, 0.25) is 0 Å². The lowest BCUT2D eigenvalue weighted by atomic mass is 10.0. The van der Waals surface area contributed by atoms with Gasteiger partial charge in [-0.3, -0.25) is 9.20 Å². The van der Waals surface area contributed by atoms with E-state index in [0.29, 0.717) is 65.3 Å². The van der Waals surface area contributed by atoms with Crippen molar-refractivity contribution in [3.8, 4) is 34.4 Å². The number of hydrogen-bond acceptors (Lipinski definition) is 7. The van der Waals surface area contributed by atoms with Gasteiger partial charge in [0.25, 0.3) is 5.56 Å². The zero-order valence-corrected chi connectivity index (χ0v) is 22.0. The van der Waals surface area contributed by atoms with Gasteiger partial charge in [-0.05, 0) is 61.1 Å². The summed E-state index contributed by atoms with van der Waals surface area (Å²) in [6.07, 6.45) is 3.45. The number of rotatable bonds is 11. The van der Waals surface area contributed by atoms with E-state index in [1.54, 1.807) is 23.7 Å². The molecule has 2 aromatic heterocycles. The Morgan fingerprint density at radius 3 is 2.65 bits per heavy atom. The Hall–Kier alpha value is -4.30. The van der Waals surface area contributed by atoms with Crippen molar-refractivity contribution < 1.29 is 27.4 Å². The molecule has 1 aliphatic carbocycles. The molecule has 1 saturated carbocycles. The Morgan fingerprint density at radius 1 is 1.12 bits per heavy atom. The molecule has 2 heterocycles.